The highest BCUT2D eigenvalue weighted by molar-refractivity contribution is 5.76. The highest BCUT2D eigenvalue weighted by Crippen LogP contribution is 2.25. The van der Waals surface area contributed by atoms with E-state index in [0.29, 0.717) is 32.0 Å². The molecule has 1 aliphatic heterocycles. The lowest BCUT2D eigenvalue weighted by Gasteiger charge is -2.36. The van der Waals surface area contributed by atoms with Crippen LogP contribution in [0.1, 0.15) is 37.7 Å². The molecule has 0 aromatic heterocycles. The molecule has 31 heavy (non-hydrogen) atoms. The molecule has 1 saturated carbocycles. The van der Waals surface area contributed by atoms with Gasteiger partial charge in [0.1, 0.15) is 5.75 Å². The number of non-ortho nitro benzene ring substituents is 1. The van der Waals surface area contributed by atoms with Crippen LogP contribution in [-0.4, -0.2) is 48.0 Å². The molecule has 7 heteroatoms. The number of nitrogens with zero attached hydrogens (tertiary/aromatic N) is 3. The summed E-state index contributed by atoms with van der Waals surface area (Å²) in [6, 6.07) is 14.7. The summed E-state index contributed by atoms with van der Waals surface area (Å²) < 4.78 is 6.08. The van der Waals surface area contributed by atoms with Crippen LogP contribution >= 0.6 is 0 Å². The van der Waals surface area contributed by atoms with E-state index in [1.54, 1.807) is 12.1 Å². The van der Waals surface area contributed by atoms with Gasteiger partial charge in [0.25, 0.3) is 5.69 Å². The van der Waals surface area contributed by atoms with Crippen molar-refractivity contribution in [1.82, 2.24) is 4.90 Å². The van der Waals surface area contributed by atoms with Crippen molar-refractivity contribution in [1.29, 1.82) is 0 Å². The summed E-state index contributed by atoms with van der Waals surface area (Å²) in [6.45, 7) is 2.80. The third-order valence-electron chi connectivity index (χ3n) is 6.19. The first-order chi connectivity index (χ1) is 15.1. The van der Waals surface area contributed by atoms with Crippen molar-refractivity contribution in [2.24, 2.45) is 0 Å². The molecular formula is C24H29N3O4. The van der Waals surface area contributed by atoms with Gasteiger partial charge in [-0.1, -0.05) is 12.1 Å². The predicted molar refractivity (Wildman–Crippen MR) is 120 cm³/mol. The molecule has 1 aliphatic carbocycles. The summed E-state index contributed by atoms with van der Waals surface area (Å²) >= 11 is 0. The largest absolute Gasteiger partial charge is 0.490 e. The van der Waals surface area contributed by atoms with E-state index in [1.165, 1.54) is 25.0 Å². The zero-order valence-electron chi connectivity index (χ0n) is 17.7. The average Bonchev–Trinajstić information content (AvgIpc) is 3.31. The van der Waals surface area contributed by atoms with Gasteiger partial charge in [0.05, 0.1) is 11.0 Å². The van der Waals surface area contributed by atoms with E-state index in [4.69, 9.17) is 4.74 Å². The molecule has 0 bridgehead atoms. The number of nitro benzene ring substituents is 1. The molecule has 164 valence electrons. The summed E-state index contributed by atoms with van der Waals surface area (Å²) in [7, 11) is 0. The molecule has 1 saturated heterocycles. The highest BCUT2D eigenvalue weighted by atomic mass is 16.6. The van der Waals surface area contributed by atoms with E-state index in [1.807, 2.05) is 17.0 Å². The Hall–Kier alpha value is -3.09. The number of carbonyl (C=O) groups excluding carboxylic acids is 1. The van der Waals surface area contributed by atoms with Gasteiger partial charge in [-0.2, -0.15) is 0 Å². The minimum Gasteiger partial charge on any atom is -0.490 e. The highest BCUT2D eigenvalue weighted by Gasteiger charge is 2.22. The molecule has 2 aromatic rings. The zero-order chi connectivity index (χ0) is 21.6. The Morgan fingerprint density at radius 3 is 2.42 bits per heavy atom. The summed E-state index contributed by atoms with van der Waals surface area (Å²) in [5.74, 6) is 1.08. The van der Waals surface area contributed by atoms with Crippen LogP contribution in [-0.2, 0) is 11.2 Å². The van der Waals surface area contributed by atoms with Crippen molar-refractivity contribution >= 4 is 17.3 Å². The quantitative estimate of drug-likeness (QED) is 0.493. The number of anilines is 1. The topological polar surface area (TPSA) is 75.9 Å². The minimum absolute atomic E-state index is 0.0928. The second-order valence-corrected chi connectivity index (χ2v) is 8.31. The Labute approximate surface area is 182 Å². The first-order valence-corrected chi connectivity index (χ1v) is 11.1. The molecule has 0 radical (unpaired) electrons. The molecule has 1 amide bonds. The average molecular weight is 424 g/mol. The van der Waals surface area contributed by atoms with Crippen LogP contribution in [0.2, 0.25) is 0 Å². The summed E-state index contributed by atoms with van der Waals surface area (Å²) in [4.78, 5) is 27.2. The molecule has 2 fully saturated rings. The molecular weight excluding hydrogens is 394 g/mol. The molecule has 2 aromatic carbocycles. The SMILES string of the molecule is O=C(CCc1cccc(OC2CCCC2)c1)N1CCN(c2ccc([N+](=O)[O-])cc2)CC1. The molecule has 1 heterocycles. The molecule has 0 N–H and O–H groups in total. The molecule has 0 atom stereocenters. The molecule has 7 nitrogen and oxygen atoms in total. The standard InChI is InChI=1S/C24H29N3O4/c28-24(13-8-19-4-3-7-23(18-19)31-22-5-1-2-6-22)26-16-14-25(15-17-26)20-9-11-21(12-10-20)27(29)30/h3-4,7,9-12,18,22H,1-2,5-6,8,13-17H2. The number of piperazine rings is 1. The van der Waals surface area contributed by atoms with Gasteiger partial charge in [0.2, 0.25) is 5.91 Å². The monoisotopic (exact) mass is 423 g/mol. The van der Waals surface area contributed by atoms with Crippen LogP contribution in [0.5, 0.6) is 5.75 Å². The van der Waals surface area contributed by atoms with Crippen LogP contribution in [0, 0.1) is 10.1 Å². The third-order valence-corrected chi connectivity index (χ3v) is 6.19. The maximum absolute atomic E-state index is 12.7. The lowest BCUT2D eigenvalue weighted by atomic mass is 10.1. The number of nitro groups is 1. The van der Waals surface area contributed by atoms with Crippen LogP contribution in [0.4, 0.5) is 11.4 Å². The number of benzene rings is 2. The number of hydrogen-bond donors (Lipinski definition) is 0. The fourth-order valence-corrected chi connectivity index (χ4v) is 4.38. The molecule has 4 rings (SSSR count). The summed E-state index contributed by atoms with van der Waals surface area (Å²) in [5, 5.41) is 10.8. The van der Waals surface area contributed by atoms with Crippen LogP contribution in [0.15, 0.2) is 48.5 Å². The van der Waals surface area contributed by atoms with E-state index >= 15 is 0 Å². The van der Waals surface area contributed by atoms with Crippen molar-refractivity contribution in [2.75, 3.05) is 31.1 Å². The normalized spacial score (nSPS) is 17.0. The van der Waals surface area contributed by atoms with Crippen molar-refractivity contribution in [3.05, 3.63) is 64.2 Å². The Kier molecular flexibility index (Phi) is 6.70. The van der Waals surface area contributed by atoms with Gasteiger partial charge >= 0.3 is 0 Å². The molecule has 0 unspecified atom stereocenters. The fourth-order valence-electron chi connectivity index (χ4n) is 4.38. The Bertz CT molecular complexity index is 901. The first kappa shape index (κ1) is 21.2. The fraction of sp³-hybridized carbons (Fsp3) is 0.458. The molecule has 2 aliphatic rings. The van der Waals surface area contributed by atoms with Crippen LogP contribution < -0.4 is 9.64 Å². The summed E-state index contributed by atoms with van der Waals surface area (Å²) in [6.07, 6.45) is 6.30. The second-order valence-electron chi connectivity index (χ2n) is 8.31. The third kappa shape index (κ3) is 5.54. The number of rotatable bonds is 7. The van der Waals surface area contributed by atoms with Gasteiger partial charge in [0.15, 0.2) is 0 Å². The van der Waals surface area contributed by atoms with Crippen molar-refractivity contribution < 1.29 is 14.5 Å². The zero-order valence-corrected chi connectivity index (χ0v) is 17.7. The van der Waals surface area contributed by atoms with Gasteiger partial charge in [-0.05, 0) is 61.9 Å². The lowest BCUT2D eigenvalue weighted by Crippen LogP contribution is -2.48. The van der Waals surface area contributed by atoms with Crippen LogP contribution in [0.25, 0.3) is 0 Å². The Morgan fingerprint density at radius 2 is 1.74 bits per heavy atom. The van der Waals surface area contributed by atoms with Crippen LogP contribution in [0.3, 0.4) is 0 Å². The number of hydrogen-bond acceptors (Lipinski definition) is 5. The maximum atomic E-state index is 12.7. The van der Waals surface area contributed by atoms with E-state index in [2.05, 4.69) is 17.0 Å². The van der Waals surface area contributed by atoms with E-state index in [-0.39, 0.29) is 11.6 Å². The Morgan fingerprint density at radius 1 is 1.03 bits per heavy atom. The number of amides is 1. The predicted octanol–water partition coefficient (Wildman–Crippen LogP) is 4.20. The minimum atomic E-state index is -0.392. The summed E-state index contributed by atoms with van der Waals surface area (Å²) in [5.41, 5.74) is 2.18. The van der Waals surface area contributed by atoms with Gasteiger partial charge in [0, 0.05) is 50.4 Å². The lowest BCUT2D eigenvalue weighted by molar-refractivity contribution is -0.384. The van der Waals surface area contributed by atoms with Gasteiger partial charge in [-0.15, -0.1) is 0 Å². The van der Waals surface area contributed by atoms with Crippen molar-refractivity contribution in [3.8, 4) is 5.75 Å². The Balaban J connectivity index is 1.24. The van der Waals surface area contributed by atoms with Gasteiger partial charge in [-0.25, -0.2) is 0 Å². The van der Waals surface area contributed by atoms with E-state index in [0.717, 1.165) is 42.9 Å². The van der Waals surface area contributed by atoms with E-state index in [9.17, 15) is 14.9 Å². The van der Waals surface area contributed by atoms with E-state index < -0.39 is 4.92 Å². The maximum Gasteiger partial charge on any atom is 0.269 e. The van der Waals surface area contributed by atoms with Crippen molar-refractivity contribution in [3.63, 3.8) is 0 Å². The number of carbonyl (C=O) groups is 1. The number of aryl methyl sites for hydroxylation is 1. The van der Waals surface area contributed by atoms with Gasteiger partial charge < -0.3 is 14.5 Å². The van der Waals surface area contributed by atoms with Gasteiger partial charge in [-0.3, -0.25) is 14.9 Å². The molecule has 0 spiro atoms. The van der Waals surface area contributed by atoms with Crippen molar-refractivity contribution in [2.45, 2.75) is 44.6 Å². The number of ether oxygens (including phenoxy) is 1. The second kappa shape index (κ2) is 9.81. The first-order valence-electron chi connectivity index (χ1n) is 11.1. The smallest absolute Gasteiger partial charge is 0.269 e.